The third-order valence-corrected chi connectivity index (χ3v) is 7.20. The lowest BCUT2D eigenvalue weighted by molar-refractivity contribution is -0.118. The van der Waals surface area contributed by atoms with Crippen molar-refractivity contribution in [3.63, 3.8) is 0 Å². The van der Waals surface area contributed by atoms with Crippen LogP contribution >= 0.6 is 11.8 Å². The summed E-state index contributed by atoms with van der Waals surface area (Å²) in [7, 11) is 0. The van der Waals surface area contributed by atoms with Crippen LogP contribution in [0.15, 0.2) is 76.2 Å². The average molecular weight is 570 g/mol. The molecule has 1 N–H and O–H groups in total. The van der Waals surface area contributed by atoms with E-state index in [1.165, 1.54) is 30.3 Å². The first-order valence-electron chi connectivity index (χ1n) is 11.8. The normalized spacial score (nSPS) is 16.5. The van der Waals surface area contributed by atoms with Crippen molar-refractivity contribution in [2.45, 2.75) is 18.2 Å². The molecule has 2 heterocycles. The standard InChI is InChI=1S/C28H19F4N3O4S/c1-14-10-22(35-39-14)33-23(36)13-38-21-5-3-2-4-18(21)27-25(26(37)24-19(31)11-17(30)12-20(24)32)34-28(40-27)15-6-8-16(29)9-7-15/h2-12,25,27H,13H2,1H3,(H,33,35,36). The van der Waals surface area contributed by atoms with Gasteiger partial charge in [0, 0.05) is 29.3 Å². The zero-order chi connectivity index (χ0) is 28.4. The highest BCUT2D eigenvalue weighted by Gasteiger charge is 2.40. The lowest BCUT2D eigenvalue weighted by atomic mass is 9.96. The van der Waals surface area contributed by atoms with E-state index in [0.717, 1.165) is 11.8 Å². The number of aromatic nitrogens is 1. The summed E-state index contributed by atoms with van der Waals surface area (Å²) < 4.78 is 66.9. The summed E-state index contributed by atoms with van der Waals surface area (Å²) in [5.41, 5.74) is -0.0334. The lowest BCUT2D eigenvalue weighted by Crippen LogP contribution is -2.25. The Morgan fingerprint density at radius 1 is 0.975 bits per heavy atom. The molecule has 40 heavy (non-hydrogen) atoms. The number of benzene rings is 3. The summed E-state index contributed by atoms with van der Waals surface area (Å²) in [6, 6.07) is 12.9. The number of anilines is 1. The van der Waals surface area contributed by atoms with Crippen LogP contribution in [0.5, 0.6) is 5.75 Å². The van der Waals surface area contributed by atoms with Crippen molar-refractivity contribution < 1.29 is 36.4 Å². The van der Waals surface area contributed by atoms with Gasteiger partial charge in [0.25, 0.3) is 5.91 Å². The Labute approximate surface area is 229 Å². The molecule has 1 amide bonds. The van der Waals surface area contributed by atoms with Crippen molar-refractivity contribution in [1.82, 2.24) is 5.16 Å². The van der Waals surface area contributed by atoms with E-state index in [-0.39, 0.29) is 11.6 Å². The molecule has 0 aliphatic carbocycles. The number of aryl methyl sites for hydroxylation is 1. The molecule has 204 valence electrons. The van der Waals surface area contributed by atoms with E-state index in [0.29, 0.717) is 34.1 Å². The Kier molecular flexibility index (Phi) is 7.69. The number of carbonyl (C=O) groups excluding carboxylic acids is 2. The maximum absolute atomic E-state index is 14.6. The number of para-hydroxylation sites is 1. The first-order valence-corrected chi connectivity index (χ1v) is 12.7. The smallest absolute Gasteiger partial charge is 0.263 e. The Morgan fingerprint density at radius 2 is 1.68 bits per heavy atom. The molecule has 0 saturated carbocycles. The number of nitrogens with zero attached hydrogens (tertiary/aromatic N) is 2. The molecule has 1 aromatic heterocycles. The van der Waals surface area contributed by atoms with Gasteiger partial charge in [-0.15, -0.1) is 0 Å². The van der Waals surface area contributed by atoms with Gasteiger partial charge in [-0.25, -0.2) is 17.6 Å². The molecule has 0 radical (unpaired) electrons. The predicted molar refractivity (Wildman–Crippen MR) is 140 cm³/mol. The maximum Gasteiger partial charge on any atom is 0.263 e. The Balaban J connectivity index is 1.46. The van der Waals surface area contributed by atoms with E-state index in [4.69, 9.17) is 9.26 Å². The zero-order valence-corrected chi connectivity index (χ0v) is 21.5. The highest BCUT2D eigenvalue weighted by atomic mass is 32.2. The van der Waals surface area contributed by atoms with Gasteiger partial charge in [-0.2, -0.15) is 0 Å². The number of amides is 1. The number of halogens is 4. The van der Waals surface area contributed by atoms with Crippen molar-refractivity contribution >= 4 is 34.3 Å². The van der Waals surface area contributed by atoms with E-state index in [2.05, 4.69) is 15.5 Å². The summed E-state index contributed by atoms with van der Waals surface area (Å²) in [6.07, 6.45) is 0. The average Bonchev–Trinajstić information content (AvgIpc) is 3.54. The minimum Gasteiger partial charge on any atom is -0.483 e. The first kappa shape index (κ1) is 27.1. The van der Waals surface area contributed by atoms with Crippen LogP contribution in [0, 0.1) is 30.2 Å². The van der Waals surface area contributed by atoms with Crippen molar-refractivity contribution in [2.75, 3.05) is 11.9 Å². The topological polar surface area (TPSA) is 93.8 Å². The second kappa shape index (κ2) is 11.3. The summed E-state index contributed by atoms with van der Waals surface area (Å²) in [6.45, 7) is 1.24. The molecule has 1 aliphatic rings. The number of ether oxygens (including phenoxy) is 1. The number of carbonyl (C=O) groups is 2. The number of nitrogens with one attached hydrogen (secondary N) is 1. The highest BCUT2D eigenvalue weighted by Crippen LogP contribution is 2.46. The SMILES string of the molecule is Cc1cc(NC(=O)COc2ccccc2C2SC(c3ccc(F)cc3)=NC2C(=O)c2c(F)cc(F)cc2F)no1. The fraction of sp³-hybridized carbons (Fsp3) is 0.143. The summed E-state index contributed by atoms with van der Waals surface area (Å²) in [5, 5.41) is 5.68. The molecule has 3 aromatic carbocycles. The Morgan fingerprint density at radius 3 is 2.35 bits per heavy atom. The summed E-state index contributed by atoms with van der Waals surface area (Å²) in [4.78, 5) is 30.3. The number of rotatable bonds is 8. The van der Waals surface area contributed by atoms with Crippen LogP contribution in [-0.2, 0) is 4.79 Å². The second-order valence-electron chi connectivity index (χ2n) is 8.73. The fourth-order valence-corrected chi connectivity index (χ4v) is 5.42. The third kappa shape index (κ3) is 5.76. The molecule has 12 heteroatoms. The quantitative estimate of drug-likeness (QED) is 0.205. The highest BCUT2D eigenvalue weighted by molar-refractivity contribution is 8.15. The van der Waals surface area contributed by atoms with Crippen LogP contribution in [-0.4, -0.2) is 34.5 Å². The van der Waals surface area contributed by atoms with Gasteiger partial charge in [0.1, 0.15) is 40.8 Å². The Bertz CT molecular complexity index is 1600. The fourth-order valence-electron chi connectivity index (χ4n) is 4.09. The van der Waals surface area contributed by atoms with Gasteiger partial charge in [-0.05, 0) is 37.3 Å². The van der Waals surface area contributed by atoms with E-state index >= 15 is 0 Å². The van der Waals surface area contributed by atoms with Gasteiger partial charge in [-0.3, -0.25) is 14.6 Å². The van der Waals surface area contributed by atoms with Crippen molar-refractivity contribution in [3.05, 3.63) is 112 Å². The van der Waals surface area contributed by atoms with Crippen molar-refractivity contribution in [1.29, 1.82) is 0 Å². The number of thioether (sulfide) groups is 1. The minimum atomic E-state index is -1.36. The largest absolute Gasteiger partial charge is 0.483 e. The van der Waals surface area contributed by atoms with Crippen molar-refractivity contribution in [2.24, 2.45) is 4.99 Å². The van der Waals surface area contributed by atoms with Crippen LogP contribution in [0.2, 0.25) is 0 Å². The number of aliphatic imine (C=N–C) groups is 1. The minimum absolute atomic E-state index is 0.206. The molecule has 4 aromatic rings. The van der Waals surface area contributed by atoms with Gasteiger partial charge in [0.2, 0.25) is 0 Å². The van der Waals surface area contributed by atoms with Gasteiger partial charge in [0.05, 0.1) is 15.9 Å². The molecule has 2 atom stereocenters. The lowest BCUT2D eigenvalue weighted by Gasteiger charge is -2.20. The van der Waals surface area contributed by atoms with Crippen LogP contribution < -0.4 is 10.1 Å². The Hall–Kier alpha value is -4.45. The van der Waals surface area contributed by atoms with Crippen LogP contribution in [0.4, 0.5) is 23.4 Å². The summed E-state index contributed by atoms with van der Waals surface area (Å²) in [5.74, 6) is -4.99. The molecule has 0 spiro atoms. The van der Waals surface area contributed by atoms with Gasteiger partial charge in [-0.1, -0.05) is 35.1 Å². The molecule has 0 bridgehead atoms. The van der Waals surface area contributed by atoms with Crippen molar-refractivity contribution in [3.8, 4) is 5.75 Å². The molecular formula is C28H19F4N3O4S. The van der Waals surface area contributed by atoms with Crippen LogP contribution in [0.3, 0.4) is 0 Å². The molecule has 1 aliphatic heterocycles. The predicted octanol–water partition coefficient (Wildman–Crippen LogP) is 6.04. The van der Waals surface area contributed by atoms with Gasteiger partial charge in [0.15, 0.2) is 18.2 Å². The molecule has 2 unspecified atom stereocenters. The molecular weight excluding hydrogens is 550 g/mol. The third-order valence-electron chi connectivity index (χ3n) is 5.87. The molecule has 0 saturated heterocycles. The molecule has 5 rings (SSSR count). The first-order chi connectivity index (χ1) is 19.2. The van der Waals surface area contributed by atoms with E-state index in [9.17, 15) is 27.2 Å². The number of Topliss-reactive ketones (excluding diaryl/α,β-unsaturated/α-hetero) is 1. The van der Waals surface area contributed by atoms with Crippen LogP contribution in [0.25, 0.3) is 0 Å². The number of hydrogen-bond acceptors (Lipinski definition) is 7. The van der Waals surface area contributed by atoms with E-state index < -0.39 is 58.4 Å². The number of ketones is 1. The summed E-state index contributed by atoms with van der Waals surface area (Å²) >= 11 is 1.11. The van der Waals surface area contributed by atoms with Gasteiger partial charge >= 0.3 is 0 Å². The zero-order valence-electron chi connectivity index (χ0n) is 20.7. The maximum atomic E-state index is 14.6. The van der Waals surface area contributed by atoms with Gasteiger partial charge < -0.3 is 14.6 Å². The second-order valence-corrected chi connectivity index (χ2v) is 9.86. The number of hydrogen-bond donors (Lipinski definition) is 1. The van der Waals surface area contributed by atoms with Crippen LogP contribution in [0.1, 0.15) is 32.5 Å². The monoisotopic (exact) mass is 569 g/mol. The van der Waals surface area contributed by atoms with E-state index in [1.54, 1.807) is 31.2 Å². The molecule has 7 nitrogen and oxygen atoms in total. The molecule has 0 fully saturated rings. The van der Waals surface area contributed by atoms with E-state index in [1.807, 2.05) is 0 Å².